The second-order valence-electron chi connectivity index (χ2n) is 7.07. The quantitative estimate of drug-likeness (QED) is 0.897. The number of likely N-dealkylation sites (tertiary alicyclic amines) is 1. The first kappa shape index (κ1) is 18.8. The molecule has 0 radical (unpaired) electrons. The maximum absolute atomic E-state index is 12.6. The summed E-state index contributed by atoms with van der Waals surface area (Å²) in [5.41, 5.74) is 1.63. The average molecular weight is 367 g/mol. The van der Waals surface area contributed by atoms with Gasteiger partial charge in [0.1, 0.15) is 11.6 Å². The summed E-state index contributed by atoms with van der Waals surface area (Å²) >= 11 is 0. The van der Waals surface area contributed by atoms with Gasteiger partial charge in [-0.2, -0.15) is 0 Å². The zero-order valence-corrected chi connectivity index (χ0v) is 16.0. The van der Waals surface area contributed by atoms with Gasteiger partial charge >= 0.3 is 0 Å². The van der Waals surface area contributed by atoms with E-state index in [1.54, 1.807) is 23.4 Å². The van der Waals surface area contributed by atoms with Crippen LogP contribution in [0.2, 0.25) is 0 Å². The van der Waals surface area contributed by atoms with Gasteiger partial charge in [-0.3, -0.25) is 9.59 Å². The van der Waals surface area contributed by atoms with Gasteiger partial charge in [-0.1, -0.05) is 0 Å². The maximum Gasteiger partial charge on any atom is 0.255 e. The molecule has 3 rings (SSSR count). The molecular weight excluding hydrogens is 342 g/mol. The number of pyridine rings is 2. The predicted octanol–water partition coefficient (Wildman–Crippen LogP) is 2.34. The molecule has 7 nitrogen and oxygen atoms in total. The van der Waals surface area contributed by atoms with Crippen molar-refractivity contribution in [1.29, 1.82) is 0 Å². The molecular formula is C20H25N5O2. The van der Waals surface area contributed by atoms with Crippen molar-refractivity contribution in [2.24, 2.45) is 5.92 Å². The lowest BCUT2D eigenvalue weighted by Crippen LogP contribution is -2.41. The van der Waals surface area contributed by atoms with Crippen molar-refractivity contribution in [3.05, 3.63) is 47.8 Å². The number of carbonyl (C=O) groups excluding carboxylic acids is 2. The molecule has 1 saturated heterocycles. The number of anilines is 2. The van der Waals surface area contributed by atoms with E-state index in [1.807, 2.05) is 44.1 Å². The lowest BCUT2D eigenvalue weighted by molar-refractivity contribution is -0.121. The highest BCUT2D eigenvalue weighted by atomic mass is 16.2. The van der Waals surface area contributed by atoms with Crippen molar-refractivity contribution in [3.8, 4) is 0 Å². The highest BCUT2D eigenvalue weighted by molar-refractivity contribution is 5.95. The number of rotatable bonds is 4. The van der Waals surface area contributed by atoms with E-state index in [2.05, 4.69) is 15.3 Å². The molecule has 7 heteroatoms. The predicted molar refractivity (Wildman–Crippen MR) is 105 cm³/mol. The van der Waals surface area contributed by atoms with E-state index in [1.165, 1.54) is 0 Å². The lowest BCUT2D eigenvalue weighted by atomic mass is 9.95. The Hall–Kier alpha value is -2.96. The highest BCUT2D eigenvalue weighted by Gasteiger charge is 2.28. The Morgan fingerprint density at radius 1 is 1.15 bits per heavy atom. The Morgan fingerprint density at radius 2 is 1.89 bits per heavy atom. The van der Waals surface area contributed by atoms with Crippen LogP contribution in [0.5, 0.6) is 0 Å². The summed E-state index contributed by atoms with van der Waals surface area (Å²) in [7, 11) is 3.82. The molecule has 1 N–H and O–H groups in total. The first-order valence-corrected chi connectivity index (χ1v) is 9.10. The van der Waals surface area contributed by atoms with Crippen LogP contribution in [0, 0.1) is 12.8 Å². The molecule has 3 heterocycles. The van der Waals surface area contributed by atoms with Crippen LogP contribution < -0.4 is 10.2 Å². The van der Waals surface area contributed by atoms with E-state index >= 15 is 0 Å². The largest absolute Gasteiger partial charge is 0.363 e. The van der Waals surface area contributed by atoms with Gasteiger partial charge in [0.15, 0.2) is 0 Å². The van der Waals surface area contributed by atoms with Crippen LogP contribution in [0.1, 0.15) is 28.8 Å². The Kier molecular flexibility index (Phi) is 5.69. The Labute approximate surface area is 159 Å². The number of nitrogens with zero attached hydrogens (tertiary/aromatic N) is 4. The molecule has 1 aliphatic rings. The fourth-order valence-corrected chi connectivity index (χ4v) is 3.14. The zero-order chi connectivity index (χ0) is 19.4. The third-order valence-corrected chi connectivity index (χ3v) is 4.77. The van der Waals surface area contributed by atoms with Crippen molar-refractivity contribution in [1.82, 2.24) is 14.9 Å². The van der Waals surface area contributed by atoms with Crippen LogP contribution in [-0.2, 0) is 4.79 Å². The summed E-state index contributed by atoms with van der Waals surface area (Å²) in [4.78, 5) is 37.3. The summed E-state index contributed by atoms with van der Waals surface area (Å²) in [6.07, 6.45) is 4.58. The number of amides is 2. The minimum Gasteiger partial charge on any atom is -0.363 e. The lowest BCUT2D eigenvalue weighted by Gasteiger charge is -2.31. The van der Waals surface area contributed by atoms with Gasteiger partial charge in [0, 0.05) is 45.5 Å². The maximum atomic E-state index is 12.6. The van der Waals surface area contributed by atoms with Gasteiger partial charge in [-0.05, 0) is 49.6 Å². The molecule has 0 bridgehead atoms. The molecule has 0 aromatic carbocycles. The van der Waals surface area contributed by atoms with Crippen molar-refractivity contribution < 1.29 is 9.59 Å². The van der Waals surface area contributed by atoms with E-state index < -0.39 is 0 Å². The normalized spacial score (nSPS) is 14.7. The molecule has 2 aromatic heterocycles. The zero-order valence-electron chi connectivity index (χ0n) is 16.0. The SMILES string of the molecule is Cc1ccnc(NC(=O)C2CCN(C(=O)c3ccc(N(C)C)nc3)CC2)c1. The summed E-state index contributed by atoms with van der Waals surface area (Å²) in [5, 5.41) is 2.88. The van der Waals surface area contributed by atoms with Crippen LogP contribution in [0.4, 0.5) is 11.6 Å². The van der Waals surface area contributed by atoms with E-state index in [0.29, 0.717) is 37.3 Å². The number of nitrogens with one attached hydrogen (secondary N) is 1. The van der Waals surface area contributed by atoms with Crippen molar-refractivity contribution in [2.75, 3.05) is 37.4 Å². The number of carbonyl (C=O) groups is 2. The molecule has 1 aliphatic heterocycles. The number of piperidine rings is 1. The number of hydrogen-bond acceptors (Lipinski definition) is 5. The molecule has 27 heavy (non-hydrogen) atoms. The number of aryl methyl sites for hydroxylation is 1. The summed E-state index contributed by atoms with van der Waals surface area (Å²) in [6, 6.07) is 7.37. The van der Waals surface area contributed by atoms with E-state index in [-0.39, 0.29) is 17.7 Å². The fourth-order valence-electron chi connectivity index (χ4n) is 3.14. The minimum absolute atomic E-state index is 0.0304. The molecule has 0 atom stereocenters. The van der Waals surface area contributed by atoms with Gasteiger partial charge in [0.05, 0.1) is 5.56 Å². The molecule has 2 amide bonds. The molecule has 1 fully saturated rings. The van der Waals surface area contributed by atoms with Gasteiger partial charge in [0.25, 0.3) is 5.91 Å². The smallest absolute Gasteiger partial charge is 0.255 e. The molecule has 0 unspecified atom stereocenters. The van der Waals surface area contributed by atoms with Crippen LogP contribution in [0.25, 0.3) is 0 Å². The average Bonchev–Trinajstić information content (AvgIpc) is 2.67. The van der Waals surface area contributed by atoms with E-state index in [9.17, 15) is 9.59 Å². The van der Waals surface area contributed by atoms with Gasteiger partial charge in [-0.25, -0.2) is 9.97 Å². The topological polar surface area (TPSA) is 78.4 Å². The Bertz CT molecular complexity index is 811. The van der Waals surface area contributed by atoms with E-state index in [0.717, 1.165) is 11.4 Å². The summed E-state index contributed by atoms with van der Waals surface area (Å²) in [5.74, 6) is 1.21. The van der Waals surface area contributed by atoms with Crippen LogP contribution in [0.15, 0.2) is 36.7 Å². The molecule has 0 saturated carbocycles. The second kappa shape index (κ2) is 8.16. The summed E-state index contributed by atoms with van der Waals surface area (Å²) in [6.45, 7) is 3.09. The fraction of sp³-hybridized carbons (Fsp3) is 0.400. The second-order valence-corrected chi connectivity index (χ2v) is 7.07. The molecule has 0 aliphatic carbocycles. The monoisotopic (exact) mass is 367 g/mol. The summed E-state index contributed by atoms with van der Waals surface area (Å²) < 4.78 is 0. The van der Waals surface area contributed by atoms with E-state index in [4.69, 9.17) is 0 Å². The third-order valence-electron chi connectivity index (χ3n) is 4.77. The van der Waals surface area contributed by atoms with Gasteiger partial charge in [-0.15, -0.1) is 0 Å². The van der Waals surface area contributed by atoms with Gasteiger partial charge in [0.2, 0.25) is 5.91 Å². The molecule has 2 aromatic rings. The molecule has 142 valence electrons. The van der Waals surface area contributed by atoms with Crippen molar-refractivity contribution >= 4 is 23.5 Å². The first-order chi connectivity index (χ1) is 12.9. The van der Waals surface area contributed by atoms with Crippen molar-refractivity contribution in [3.63, 3.8) is 0 Å². The highest BCUT2D eigenvalue weighted by Crippen LogP contribution is 2.21. The number of aromatic nitrogens is 2. The Morgan fingerprint density at radius 3 is 2.48 bits per heavy atom. The minimum atomic E-state index is -0.106. The Balaban J connectivity index is 1.54. The van der Waals surface area contributed by atoms with Crippen LogP contribution in [-0.4, -0.2) is 53.9 Å². The first-order valence-electron chi connectivity index (χ1n) is 9.10. The van der Waals surface area contributed by atoms with Crippen LogP contribution in [0.3, 0.4) is 0 Å². The molecule has 0 spiro atoms. The standard InChI is InChI=1S/C20H25N5O2/c1-14-6-9-21-17(12-14)23-19(26)15-7-10-25(11-8-15)20(27)16-4-5-18(22-13-16)24(2)3/h4-6,9,12-13,15H,7-8,10-11H2,1-3H3,(H,21,23,26). The van der Waals surface area contributed by atoms with Gasteiger partial charge < -0.3 is 15.1 Å². The third kappa shape index (κ3) is 4.61. The van der Waals surface area contributed by atoms with Crippen molar-refractivity contribution in [2.45, 2.75) is 19.8 Å². The van der Waals surface area contributed by atoms with Crippen LogP contribution >= 0.6 is 0 Å². The number of hydrogen-bond donors (Lipinski definition) is 1.